The summed E-state index contributed by atoms with van der Waals surface area (Å²) >= 11 is 12.2. The van der Waals surface area contributed by atoms with Gasteiger partial charge in [0.1, 0.15) is 11.6 Å². The summed E-state index contributed by atoms with van der Waals surface area (Å²) in [5.41, 5.74) is 4.09. The Kier molecular flexibility index (Phi) is 4.41. The molecule has 0 amide bonds. The maximum atomic E-state index is 10.4. The van der Waals surface area contributed by atoms with Crippen molar-refractivity contribution in [2.45, 2.75) is 0 Å². The van der Waals surface area contributed by atoms with Crippen LogP contribution in [0.1, 0.15) is 0 Å². The van der Waals surface area contributed by atoms with Gasteiger partial charge in [-0.15, -0.1) is 0 Å². The average molecular weight is 381 g/mol. The Bertz CT molecular complexity index is 1000. The number of aromatic hydroxyl groups is 1. The largest absolute Gasteiger partial charge is 0.506 e. The Morgan fingerprint density at radius 1 is 0.808 bits per heavy atom. The highest BCUT2D eigenvalue weighted by molar-refractivity contribution is 6.36. The van der Waals surface area contributed by atoms with E-state index in [0.29, 0.717) is 16.4 Å². The molecular formula is C21H14Cl2N2O. The van der Waals surface area contributed by atoms with Crippen molar-refractivity contribution < 1.29 is 5.11 Å². The predicted octanol–water partition coefficient (Wildman–Crippen LogP) is 6.42. The van der Waals surface area contributed by atoms with Crippen LogP contribution in [0.25, 0.3) is 33.9 Å². The number of aromatic nitrogens is 2. The smallest absolute Gasteiger partial charge is 0.145 e. The molecule has 0 aliphatic carbocycles. The van der Waals surface area contributed by atoms with Crippen LogP contribution < -0.4 is 0 Å². The van der Waals surface area contributed by atoms with Crippen LogP contribution in [-0.2, 0) is 0 Å². The first-order valence-corrected chi connectivity index (χ1v) is 8.78. The molecule has 1 heterocycles. The SMILES string of the molecule is Oc1c(Cl)cc(Cl)cc1-c1nc(-c2ccccc2)c(-c2ccccc2)[nH]1. The summed E-state index contributed by atoms with van der Waals surface area (Å²) in [6.45, 7) is 0. The number of halogens is 2. The van der Waals surface area contributed by atoms with Crippen LogP contribution in [0.2, 0.25) is 10.0 Å². The van der Waals surface area contributed by atoms with E-state index in [2.05, 4.69) is 4.98 Å². The standard InChI is InChI=1S/C21H14Cl2N2O/c22-15-11-16(20(26)17(23)12-15)21-24-18(13-7-3-1-4-8-13)19(25-21)14-9-5-2-6-10-14/h1-12,26H,(H,24,25). The van der Waals surface area contributed by atoms with Crippen molar-refractivity contribution in [3.63, 3.8) is 0 Å². The summed E-state index contributed by atoms with van der Waals surface area (Å²) in [5, 5.41) is 11.0. The normalized spacial score (nSPS) is 10.8. The number of imidazole rings is 1. The van der Waals surface area contributed by atoms with E-state index in [9.17, 15) is 5.11 Å². The van der Waals surface area contributed by atoms with Crippen LogP contribution in [0.3, 0.4) is 0 Å². The van der Waals surface area contributed by atoms with Gasteiger partial charge in [0.15, 0.2) is 0 Å². The van der Waals surface area contributed by atoms with E-state index < -0.39 is 0 Å². The summed E-state index contributed by atoms with van der Waals surface area (Å²) in [6.07, 6.45) is 0. The van der Waals surface area contributed by atoms with Gasteiger partial charge in [-0.3, -0.25) is 0 Å². The third kappa shape index (κ3) is 3.07. The lowest BCUT2D eigenvalue weighted by Gasteiger charge is -2.04. The first-order chi connectivity index (χ1) is 12.6. The van der Waals surface area contributed by atoms with Crippen LogP contribution in [-0.4, -0.2) is 15.1 Å². The van der Waals surface area contributed by atoms with Gasteiger partial charge >= 0.3 is 0 Å². The van der Waals surface area contributed by atoms with Crippen molar-refractivity contribution in [3.8, 4) is 39.7 Å². The lowest BCUT2D eigenvalue weighted by atomic mass is 10.1. The van der Waals surface area contributed by atoms with E-state index in [-0.39, 0.29) is 10.8 Å². The van der Waals surface area contributed by atoms with Gasteiger partial charge < -0.3 is 10.1 Å². The number of hydrogen-bond donors (Lipinski definition) is 2. The fourth-order valence-corrected chi connectivity index (χ4v) is 3.36. The second-order valence-electron chi connectivity index (χ2n) is 5.82. The summed E-state index contributed by atoms with van der Waals surface area (Å²) in [4.78, 5) is 8.06. The summed E-state index contributed by atoms with van der Waals surface area (Å²) in [6, 6.07) is 23.0. The third-order valence-corrected chi connectivity index (χ3v) is 4.60. The fraction of sp³-hybridized carbons (Fsp3) is 0. The number of phenolic OH excluding ortho intramolecular Hbond substituents is 1. The Hall–Kier alpha value is -2.75. The van der Waals surface area contributed by atoms with E-state index in [0.717, 1.165) is 22.5 Å². The molecule has 26 heavy (non-hydrogen) atoms. The van der Waals surface area contributed by atoms with Gasteiger partial charge in [-0.1, -0.05) is 83.9 Å². The molecule has 0 aliphatic heterocycles. The molecule has 1 aromatic heterocycles. The van der Waals surface area contributed by atoms with Crippen LogP contribution in [0.15, 0.2) is 72.8 Å². The van der Waals surface area contributed by atoms with E-state index in [1.54, 1.807) is 6.07 Å². The minimum absolute atomic E-state index is 0.0518. The molecule has 2 N–H and O–H groups in total. The third-order valence-electron chi connectivity index (χ3n) is 4.10. The van der Waals surface area contributed by atoms with Crippen molar-refractivity contribution in [1.29, 1.82) is 0 Å². The molecule has 0 atom stereocenters. The van der Waals surface area contributed by atoms with Crippen LogP contribution in [0.5, 0.6) is 5.75 Å². The molecule has 0 fully saturated rings. The van der Waals surface area contributed by atoms with Crippen molar-refractivity contribution >= 4 is 23.2 Å². The molecule has 3 nitrogen and oxygen atoms in total. The molecule has 4 aromatic rings. The molecule has 0 spiro atoms. The molecule has 0 bridgehead atoms. The molecule has 4 rings (SSSR count). The number of nitrogens with zero attached hydrogens (tertiary/aromatic N) is 1. The molecule has 128 valence electrons. The van der Waals surface area contributed by atoms with Gasteiger partial charge in [0.25, 0.3) is 0 Å². The molecule has 0 saturated heterocycles. The topological polar surface area (TPSA) is 48.9 Å². The molecule has 5 heteroatoms. The van der Waals surface area contributed by atoms with Gasteiger partial charge in [0.2, 0.25) is 0 Å². The predicted molar refractivity (Wildman–Crippen MR) is 107 cm³/mol. The molecule has 0 aliphatic rings. The molecular weight excluding hydrogens is 367 g/mol. The van der Waals surface area contributed by atoms with Gasteiger partial charge in [-0.2, -0.15) is 0 Å². The lowest BCUT2D eigenvalue weighted by molar-refractivity contribution is 0.477. The zero-order valence-electron chi connectivity index (χ0n) is 13.6. The zero-order valence-corrected chi connectivity index (χ0v) is 15.1. The minimum atomic E-state index is -0.0518. The molecule has 3 aromatic carbocycles. The van der Waals surface area contributed by atoms with E-state index in [4.69, 9.17) is 28.2 Å². The Morgan fingerprint density at radius 3 is 2.08 bits per heavy atom. The first-order valence-electron chi connectivity index (χ1n) is 8.02. The Balaban J connectivity index is 1.96. The van der Waals surface area contributed by atoms with Crippen molar-refractivity contribution in [3.05, 3.63) is 82.8 Å². The molecule has 0 unspecified atom stereocenters. The number of rotatable bonds is 3. The lowest BCUT2D eigenvalue weighted by Crippen LogP contribution is -1.84. The minimum Gasteiger partial charge on any atom is -0.506 e. The van der Waals surface area contributed by atoms with Crippen LogP contribution >= 0.6 is 23.2 Å². The highest BCUT2D eigenvalue weighted by Gasteiger charge is 2.18. The maximum absolute atomic E-state index is 10.4. The number of phenols is 1. The van der Waals surface area contributed by atoms with Gasteiger partial charge in [0, 0.05) is 16.1 Å². The van der Waals surface area contributed by atoms with E-state index in [1.165, 1.54) is 6.07 Å². The number of benzene rings is 3. The van der Waals surface area contributed by atoms with Crippen molar-refractivity contribution in [2.24, 2.45) is 0 Å². The van der Waals surface area contributed by atoms with Crippen LogP contribution in [0.4, 0.5) is 0 Å². The Labute approximate surface area is 160 Å². The monoisotopic (exact) mass is 380 g/mol. The highest BCUT2D eigenvalue weighted by Crippen LogP contribution is 2.39. The number of nitrogens with one attached hydrogen (secondary N) is 1. The fourth-order valence-electron chi connectivity index (χ4n) is 2.87. The quantitative estimate of drug-likeness (QED) is 0.430. The first kappa shape index (κ1) is 16.7. The van der Waals surface area contributed by atoms with Crippen molar-refractivity contribution in [1.82, 2.24) is 9.97 Å². The number of H-pyrrole nitrogens is 1. The number of hydrogen-bond acceptors (Lipinski definition) is 2. The zero-order chi connectivity index (χ0) is 18.1. The second-order valence-corrected chi connectivity index (χ2v) is 6.67. The van der Waals surface area contributed by atoms with Gasteiger partial charge in [0.05, 0.1) is 22.0 Å². The highest BCUT2D eigenvalue weighted by atomic mass is 35.5. The Morgan fingerprint density at radius 2 is 1.42 bits per heavy atom. The average Bonchev–Trinajstić information content (AvgIpc) is 3.11. The van der Waals surface area contributed by atoms with E-state index in [1.807, 2.05) is 60.7 Å². The summed E-state index contributed by atoms with van der Waals surface area (Å²) < 4.78 is 0. The second kappa shape index (κ2) is 6.87. The van der Waals surface area contributed by atoms with Crippen molar-refractivity contribution in [2.75, 3.05) is 0 Å². The van der Waals surface area contributed by atoms with Crippen LogP contribution in [0, 0.1) is 0 Å². The molecule has 0 radical (unpaired) electrons. The van der Waals surface area contributed by atoms with E-state index >= 15 is 0 Å². The summed E-state index contributed by atoms with van der Waals surface area (Å²) in [7, 11) is 0. The van der Waals surface area contributed by atoms with Gasteiger partial charge in [-0.25, -0.2) is 4.98 Å². The maximum Gasteiger partial charge on any atom is 0.145 e. The van der Waals surface area contributed by atoms with Gasteiger partial charge in [-0.05, 0) is 12.1 Å². The molecule has 0 saturated carbocycles. The number of aromatic amines is 1. The summed E-state index contributed by atoms with van der Waals surface area (Å²) in [5.74, 6) is 0.452.